The van der Waals surface area contributed by atoms with Gasteiger partial charge in [0.1, 0.15) is 5.82 Å². The van der Waals surface area contributed by atoms with Gasteiger partial charge in [0.05, 0.1) is 12.0 Å². The van der Waals surface area contributed by atoms with Crippen LogP contribution >= 0.6 is 0 Å². The molecule has 0 radical (unpaired) electrons. The van der Waals surface area contributed by atoms with Crippen LogP contribution in [0.4, 0.5) is 10.1 Å². The van der Waals surface area contributed by atoms with Gasteiger partial charge in [-0.2, -0.15) is 0 Å². The zero-order valence-electron chi connectivity index (χ0n) is 7.20. The van der Waals surface area contributed by atoms with Gasteiger partial charge in [-0.15, -0.1) is 0 Å². The lowest BCUT2D eigenvalue weighted by atomic mass is 10.2. The van der Waals surface area contributed by atoms with Gasteiger partial charge in [-0.3, -0.25) is 10.1 Å². The fraction of sp³-hybridized carbons (Fsp3) is 0.250. The zero-order chi connectivity index (χ0) is 10.0. The molecule has 1 aromatic carbocycles. The molecule has 0 saturated carbocycles. The van der Waals surface area contributed by atoms with E-state index < -0.39 is 10.7 Å². The normalized spacial score (nSPS) is 9.77. The summed E-state index contributed by atoms with van der Waals surface area (Å²) in [7, 11) is 1.27. The largest absolute Gasteiger partial charge is 0.490 e. The Bertz CT molecular complexity index is 351. The maximum atomic E-state index is 12.8. The third-order valence-electron chi connectivity index (χ3n) is 1.63. The number of nitro benzene ring substituents is 1. The second-order valence-corrected chi connectivity index (χ2v) is 2.53. The molecule has 0 spiro atoms. The monoisotopic (exact) mass is 185 g/mol. The third kappa shape index (κ3) is 1.74. The summed E-state index contributed by atoms with van der Waals surface area (Å²) in [4.78, 5) is 9.93. The van der Waals surface area contributed by atoms with E-state index >= 15 is 0 Å². The smallest absolute Gasteiger partial charge is 0.313 e. The number of nitrogens with zero attached hydrogens (tertiary/aromatic N) is 1. The highest BCUT2D eigenvalue weighted by Gasteiger charge is 2.19. The minimum absolute atomic E-state index is 0.0532. The molecule has 0 heterocycles. The molecular weight excluding hydrogens is 177 g/mol. The first-order valence-electron chi connectivity index (χ1n) is 3.54. The van der Waals surface area contributed by atoms with Crippen molar-refractivity contribution in [1.29, 1.82) is 0 Å². The van der Waals surface area contributed by atoms with Gasteiger partial charge in [0, 0.05) is 11.6 Å². The summed E-state index contributed by atoms with van der Waals surface area (Å²) < 4.78 is 17.4. The predicted octanol–water partition coefficient (Wildman–Crippen LogP) is 2.05. The Morgan fingerprint density at radius 1 is 1.54 bits per heavy atom. The molecule has 0 saturated heterocycles. The highest BCUT2D eigenvalue weighted by molar-refractivity contribution is 5.52. The van der Waals surface area contributed by atoms with Gasteiger partial charge in [-0.1, -0.05) is 0 Å². The van der Waals surface area contributed by atoms with Crippen LogP contribution < -0.4 is 4.74 Å². The second-order valence-electron chi connectivity index (χ2n) is 2.53. The van der Waals surface area contributed by atoms with Gasteiger partial charge >= 0.3 is 5.69 Å². The summed E-state index contributed by atoms with van der Waals surface area (Å²) in [6, 6.07) is 2.09. The predicted molar refractivity (Wildman–Crippen MR) is 44.3 cm³/mol. The van der Waals surface area contributed by atoms with Crippen LogP contribution in [0.2, 0.25) is 0 Å². The molecule has 0 aliphatic heterocycles. The molecule has 1 rings (SSSR count). The molecule has 0 bridgehead atoms. The Kier molecular flexibility index (Phi) is 2.46. The van der Waals surface area contributed by atoms with E-state index in [-0.39, 0.29) is 17.0 Å². The van der Waals surface area contributed by atoms with Crippen molar-refractivity contribution in [3.63, 3.8) is 0 Å². The molecule has 0 aromatic heterocycles. The molecule has 0 fully saturated rings. The number of aryl methyl sites for hydroxylation is 1. The van der Waals surface area contributed by atoms with Crippen LogP contribution in [0.15, 0.2) is 12.1 Å². The zero-order valence-corrected chi connectivity index (χ0v) is 7.20. The van der Waals surface area contributed by atoms with Crippen molar-refractivity contribution in [2.75, 3.05) is 7.11 Å². The number of halogens is 1. The minimum Gasteiger partial charge on any atom is -0.490 e. The van der Waals surface area contributed by atoms with E-state index in [0.29, 0.717) is 0 Å². The van der Waals surface area contributed by atoms with Gasteiger partial charge in [0.2, 0.25) is 0 Å². The van der Waals surface area contributed by atoms with Crippen LogP contribution in [0.25, 0.3) is 0 Å². The number of rotatable bonds is 2. The lowest BCUT2D eigenvalue weighted by molar-refractivity contribution is -0.386. The van der Waals surface area contributed by atoms with Crippen molar-refractivity contribution in [3.8, 4) is 5.75 Å². The molecule has 0 atom stereocenters. The first-order valence-corrected chi connectivity index (χ1v) is 3.54. The topological polar surface area (TPSA) is 52.4 Å². The number of benzene rings is 1. The van der Waals surface area contributed by atoms with Gasteiger partial charge in [-0.25, -0.2) is 4.39 Å². The van der Waals surface area contributed by atoms with Gasteiger partial charge in [0.25, 0.3) is 0 Å². The lowest BCUT2D eigenvalue weighted by Crippen LogP contribution is -1.97. The van der Waals surface area contributed by atoms with Crippen molar-refractivity contribution >= 4 is 5.69 Å². The van der Waals surface area contributed by atoms with Crippen LogP contribution in [-0.4, -0.2) is 12.0 Å². The summed E-state index contributed by atoms with van der Waals surface area (Å²) in [5, 5.41) is 10.5. The molecule has 70 valence electrons. The van der Waals surface area contributed by atoms with Gasteiger partial charge < -0.3 is 4.74 Å². The van der Waals surface area contributed by atoms with Crippen LogP contribution in [0.3, 0.4) is 0 Å². The van der Waals surface area contributed by atoms with Crippen molar-refractivity contribution in [1.82, 2.24) is 0 Å². The van der Waals surface area contributed by atoms with Crippen molar-refractivity contribution in [2.24, 2.45) is 0 Å². The van der Waals surface area contributed by atoms with Crippen LogP contribution in [-0.2, 0) is 0 Å². The summed E-state index contributed by atoms with van der Waals surface area (Å²) in [5.41, 5.74) is 0.0609. The Morgan fingerprint density at radius 3 is 2.62 bits per heavy atom. The molecular formula is C8H8FNO3. The SMILES string of the molecule is COc1cc(F)cc(C)c1[N+](=O)[O-]. The van der Waals surface area contributed by atoms with Crippen LogP contribution in [0.5, 0.6) is 5.75 Å². The molecule has 4 nitrogen and oxygen atoms in total. The number of methoxy groups -OCH3 is 1. The molecule has 0 aliphatic rings. The maximum absolute atomic E-state index is 12.8. The summed E-state index contributed by atoms with van der Waals surface area (Å²) in [6.45, 7) is 1.46. The maximum Gasteiger partial charge on any atom is 0.313 e. The standard InChI is InChI=1S/C8H8FNO3/c1-5-3-6(9)4-7(13-2)8(5)10(11)12/h3-4H,1-2H3. The fourth-order valence-corrected chi connectivity index (χ4v) is 1.09. The van der Waals surface area contributed by atoms with E-state index in [9.17, 15) is 14.5 Å². The van der Waals surface area contributed by atoms with E-state index in [1.807, 2.05) is 0 Å². The fourth-order valence-electron chi connectivity index (χ4n) is 1.09. The lowest BCUT2D eigenvalue weighted by Gasteiger charge is -2.03. The number of hydrogen-bond donors (Lipinski definition) is 0. The van der Waals surface area contributed by atoms with Crippen LogP contribution in [0, 0.1) is 22.9 Å². The number of ether oxygens (including phenoxy) is 1. The average Bonchev–Trinajstić information content (AvgIpc) is 2.01. The van der Waals surface area contributed by atoms with E-state index in [0.717, 1.165) is 12.1 Å². The van der Waals surface area contributed by atoms with Gasteiger partial charge in [-0.05, 0) is 13.0 Å². The highest BCUT2D eigenvalue weighted by Crippen LogP contribution is 2.30. The molecule has 13 heavy (non-hydrogen) atoms. The Labute approximate surface area is 74.1 Å². The number of hydrogen-bond acceptors (Lipinski definition) is 3. The van der Waals surface area contributed by atoms with E-state index in [2.05, 4.69) is 4.74 Å². The highest BCUT2D eigenvalue weighted by atomic mass is 19.1. The molecule has 0 aliphatic carbocycles. The quantitative estimate of drug-likeness (QED) is 0.523. The Morgan fingerprint density at radius 2 is 2.15 bits per heavy atom. The Balaban J connectivity index is 3.38. The van der Waals surface area contributed by atoms with Crippen molar-refractivity contribution < 1.29 is 14.1 Å². The second kappa shape index (κ2) is 3.38. The van der Waals surface area contributed by atoms with E-state index in [1.54, 1.807) is 0 Å². The molecule has 1 aromatic rings. The van der Waals surface area contributed by atoms with E-state index in [4.69, 9.17) is 0 Å². The summed E-state index contributed by atoms with van der Waals surface area (Å²) in [6.07, 6.45) is 0. The third-order valence-corrected chi connectivity index (χ3v) is 1.63. The molecule has 0 N–H and O–H groups in total. The minimum atomic E-state index is -0.590. The molecule has 0 unspecified atom stereocenters. The van der Waals surface area contributed by atoms with Gasteiger partial charge in [0.15, 0.2) is 5.75 Å². The number of nitro groups is 1. The molecule has 5 heteroatoms. The van der Waals surface area contributed by atoms with Crippen molar-refractivity contribution in [2.45, 2.75) is 6.92 Å². The Hall–Kier alpha value is -1.65. The molecule has 0 amide bonds. The first-order chi connectivity index (χ1) is 6.06. The summed E-state index contributed by atoms with van der Waals surface area (Å²) >= 11 is 0. The summed E-state index contributed by atoms with van der Waals surface area (Å²) in [5.74, 6) is -0.595. The average molecular weight is 185 g/mol. The first kappa shape index (κ1) is 9.44. The van der Waals surface area contributed by atoms with E-state index in [1.165, 1.54) is 14.0 Å². The van der Waals surface area contributed by atoms with Crippen molar-refractivity contribution in [3.05, 3.63) is 33.6 Å². The van der Waals surface area contributed by atoms with Crippen LogP contribution in [0.1, 0.15) is 5.56 Å².